The van der Waals surface area contributed by atoms with Crippen molar-refractivity contribution in [3.8, 4) is 0 Å². The first-order chi connectivity index (χ1) is 26.5. The highest BCUT2D eigenvalue weighted by molar-refractivity contribution is 8.01. The Morgan fingerprint density at radius 1 is 0.455 bits per heavy atom. The number of nitrogens with zero attached hydrogens (tertiary/aromatic N) is 1. The van der Waals surface area contributed by atoms with Crippen LogP contribution in [0.25, 0.3) is 0 Å². The number of hydrogen-bond donors (Lipinski definition) is 0. The molecule has 0 radical (unpaired) electrons. The van der Waals surface area contributed by atoms with Gasteiger partial charge in [-0.2, -0.15) is 0 Å². The number of fused-ring (bicyclic) bond motifs is 6. The van der Waals surface area contributed by atoms with Crippen molar-refractivity contribution in [2.75, 3.05) is 4.90 Å². The quantitative estimate of drug-likeness (QED) is 0.166. The summed E-state index contributed by atoms with van der Waals surface area (Å²) in [6, 6.07) is 60.9. The highest BCUT2D eigenvalue weighted by Gasteiger charge is 2.50. The van der Waals surface area contributed by atoms with Gasteiger partial charge in [0.05, 0.1) is 0 Å². The van der Waals surface area contributed by atoms with Crippen molar-refractivity contribution in [1.82, 2.24) is 0 Å². The summed E-state index contributed by atoms with van der Waals surface area (Å²) in [6.07, 6.45) is 0. The molecule has 0 fully saturated rings. The van der Waals surface area contributed by atoms with Gasteiger partial charge in [0.25, 0.3) is 0 Å². The summed E-state index contributed by atoms with van der Waals surface area (Å²) >= 11 is 3.88. The number of benzene rings is 7. The smallest absolute Gasteiger partial charge is 0.247 e. The molecule has 3 heterocycles. The first-order valence-electron chi connectivity index (χ1n) is 19.5. The Hall–Kier alpha value is -4.68. The fourth-order valence-electron chi connectivity index (χ4n) is 9.22. The van der Waals surface area contributed by atoms with Crippen molar-refractivity contribution in [1.29, 1.82) is 0 Å². The van der Waals surface area contributed by atoms with Crippen LogP contribution in [0.3, 0.4) is 0 Å². The van der Waals surface area contributed by atoms with Crippen molar-refractivity contribution < 1.29 is 0 Å². The van der Waals surface area contributed by atoms with E-state index in [9.17, 15) is 0 Å². The van der Waals surface area contributed by atoms with E-state index >= 15 is 0 Å². The molecule has 7 aromatic rings. The molecule has 0 saturated carbocycles. The van der Waals surface area contributed by atoms with Crippen LogP contribution >= 0.6 is 23.5 Å². The van der Waals surface area contributed by atoms with E-state index in [1.807, 2.05) is 23.5 Å². The average molecular weight is 762 g/mol. The highest BCUT2D eigenvalue weighted by Crippen LogP contribution is 2.46. The van der Waals surface area contributed by atoms with E-state index < -0.39 is 8.07 Å². The van der Waals surface area contributed by atoms with Gasteiger partial charge in [-0.05, 0) is 84.6 Å². The molecule has 0 amide bonds. The number of anilines is 3. The average Bonchev–Trinajstić information content (AvgIpc) is 3.19. The molecule has 7 aromatic carbocycles. The monoisotopic (exact) mass is 761 g/mol. The lowest BCUT2D eigenvalue weighted by Gasteiger charge is -2.46. The van der Waals surface area contributed by atoms with Gasteiger partial charge in [-0.15, -0.1) is 0 Å². The van der Waals surface area contributed by atoms with Gasteiger partial charge in [0, 0.05) is 36.6 Å². The molecule has 3 aliphatic rings. The molecule has 268 valence electrons. The minimum Gasteiger partial charge on any atom is -0.311 e. The Bertz CT molecular complexity index is 2460. The molecule has 0 atom stereocenters. The Kier molecular flexibility index (Phi) is 8.02. The topological polar surface area (TPSA) is 3.24 Å². The molecule has 10 rings (SSSR count). The Labute approximate surface area is 336 Å². The lowest BCUT2D eigenvalue weighted by Crippen LogP contribution is -2.77. The Morgan fingerprint density at radius 2 is 0.873 bits per heavy atom. The molecule has 0 bridgehead atoms. The fourth-order valence-corrected chi connectivity index (χ4v) is 16.9. The van der Waals surface area contributed by atoms with Gasteiger partial charge >= 0.3 is 0 Å². The standard InChI is InChI=1S/C50H44BNS2Si/c1-49(2,3)33-25-27-40-46(29-33)55(36-17-9-7-10-18-36,37-19-11-8-12-20-37)47-30-34(50(4,5)6)26-28-41(47)52(40)35-31-44-48-45(32-35)54-43-24-16-14-22-39(43)51(48)38-21-13-15-23-42(38)53-44/h7-32H,1-6H3. The van der Waals surface area contributed by atoms with Crippen LogP contribution in [-0.2, 0) is 10.8 Å². The minimum absolute atomic E-state index is 0.0139. The van der Waals surface area contributed by atoms with Crippen LogP contribution in [0.2, 0.25) is 0 Å². The molecule has 0 N–H and O–H groups in total. The van der Waals surface area contributed by atoms with Gasteiger partial charge in [0.1, 0.15) is 0 Å². The van der Waals surface area contributed by atoms with E-state index in [1.165, 1.54) is 84.9 Å². The summed E-state index contributed by atoms with van der Waals surface area (Å²) in [7, 11) is -2.87. The largest absolute Gasteiger partial charge is 0.311 e. The molecule has 5 heteroatoms. The van der Waals surface area contributed by atoms with Gasteiger partial charge in [-0.3, -0.25) is 0 Å². The van der Waals surface area contributed by atoms with Crippen molar-refractivity contribution in [2.24, 2.45) is 0 Å². The molecule has 3 aliphatic heterocycles. The normalized spacial score (nSPS) is 15.0. The third-order valence-electron chi connectivity index (χ3n) is 12.0. The predicted octanol–water partition coefficient (Wildman–Crippen LogP) is 8.89. The van der Waals surface area contributed by atoms with E-state index in [4.69, 9.17) is 0 Å². The van der Waals surface area contributed by atoms with E-state index in [2.05, 4.69) is 204 Å². The second-order valence-corrected chi connectivity index (χ2v) is 23.2. The maximum absolute atomic E-state index is 2.87. The fraction of sp³-hybridized carbons (Fsp3) is 0.160. The van der Waals surface area contributed by atoms with Gasteiger partial charge in [0.15, 0.2) is 8.07 Å². The molecule has 0 aliphatic carbocycles. The van der Waals surface area contributed by atoms with Crippen molar-refractivity contribution >= 4 is 92.5 Å². The maximum atomic E-state index is 2.62. The van der Waals surface area contributed by atoms with E-state index in [0.29, 0.717) is 0 Å². The van der Waals surface area contributed by atoms with E-state index in [1.54, 1.807) is 0 Å². The molecular weight excluding hydrogens is 718 g/mol. The predicted molar refractivity (Wildman–Crippen MR) is 241 cm³/mol. The molecule has 55 heavy (non-hydrogen) atoms. The van der Waals surface area contributed by atoms with E-state index in [-0.39, 0.29) is 17.5 Å². The van der Waals surface area contributed by atoms with Crippen LogP contribution in [0.4, 0.5) is 17.1 Å². The van der Waals surface area contributed by atoms with Gasteiger partial charge in [-0.1, -0.05) is 197 Å². The van der Waals surface area contributed by atoms with Crippen molar-refractivity contribution in [3.63, 3.8) is 0 Å². The molecule has 0 unspecified atom stereocenters. The Morgan fingerprint density at radius 3 is 1.31 bits per heavy atom. The van der Waals surface area contributed by atoms with Crippen LogP contribution in [0.15, 0.2) is 177 Å². The van der Waals surface area contributed by atoms with Crippen molar-refractivity contribution in [2.45, 2.75) is 72.0 Å². The molecule has 0 spiro atoms. The summed E-state index contributed by atoms with van der Waals surface area (Å²) in [6.45, 7) is 14.3. The summed E-state index contributed by atoms with van der Waals surface area (Å²) in [5.74, 6) is 0. The van der Waals surface area contributed by atoms with Crippen LogP contribution in [0, 0.1) is 0 Å². The van der Waals surface area contributed by atoms with Crippen LogP contribution in [-0.4, -0.2) is 14.8 Å². The summed E-state index contributed by atoms with van der Waals surface area (Å²) < 4.78 is 0. The zero-order valence-electron chi connectivity index (χ0n) is 32.4. The zero-order chi connectivity index (χ0) is 37.7. The third-order valence-corrected chi connectivity index (χ3v) is 19.1. The summed E-state index contributed by atoms with van der Waals surface area (Å²) in [4.78, 5) is 8.05. The maximum Gasteiger partial charge on any atom is 0.247 e. The molecule has 0 saturated heterocycles. The van der Waals surface area contributed by atoms with Gasteiger partial charge in [-0.25, -0.2) is 0 Å². The zero-order valence-corrected chi connectivity index (χ0v) is 35.0. The minimum atomic E-state index is -2.87. The SMILES string of the molecule is CC(C)(C)c1ccc2c(c1)[Si](c1ccccc1)(c1ccccc1)c1cc(C(C)(C)C)ccc1N2c1cc2c3c(c1)Sc1ccccc1B3c1ccccc1S2. The molecular formula is C50H44BNS2Si. The van der Waals surface area contributed by atoms with Crippen molar-refractivity contribution in [3.05, 3.63) is 169 Å². The van der Waals surface area contributed by atoms with E-state index in [0.717, 1.165) is 0 Å². The first kappa shape index (κ1) is 34.8. The second-order valence-electron chi connectivity index (χ2n) is 17.3. The lowest BCUT2D eigenvalue weighted by molar-refractivity contribution is 0.590. The molecule has 1 nitrogen and oxygen atoms in total. The van der Waals surface area contributed by atoms with Crippen LogP contribution < -0.4 is 42.0 Å². The number of hydrogen-bond acceptors (Lipinski definition) is 3. The first-order valence-corrected chi connectivity index (χ1v) is 23.1. The molecule has 0 aromatic heterocycles. The number of rotatable bonds is 3. The summed E-state index contributed by atoms with van der Waals surface area (Å²) in [5.41, 5.74) is 10.8. The highest BCUT2D eigenvalue weighted by atomic mass is 32.2. The van der Waals surface area contributed by atoms with Crippen LogP contribution in [0.1, 0.15) is 52.7 Å². The van der Waals surface area contributed by atoms with Crippen LogP contribution in [0.5, 0.6) is 0 Å². The Balaban J connectivity index is 1.31. The van der Waals surface area contributed by atoms with Gasteiger partial charge in [0.2, 0.25) is 6.71 Å². The summed E-state index contributed by atoms with van der Waals surface area (Å²) in [5, 5.41) is 5.75. The third kappa shape index (κ3) is 5.38. The second kappa shape index (κ2) is 12.7. The van der Waals surface area contributed by atoms with Gasteiger partial charge < -0.3 is 4.90 Å². The lowest BCUT2D eigenvalue weighted by atomic mass is 9.36.